The molecule has 2 heterocycles. The van der Waals surface area contributed by atoms with Gasteiger partial charge in [-0.3, -0.25) is 9.69 Å². The van der Waals surface area contributed by atoms with Crippen LogP contribution in [0, 0.1) is 13.8 Å². The maximum atomic E-state index is 13.2. The van der Waals surface area contributed by atoms with Crippen molar-refractivity contribution in [2.24, 2.45) is 0 Å². The van der Waals surface area contributed by atoms with E-state index in [0.717, 1.165) is 53.7 Å². The van der Waals surface area contributed by atoms with Crippen molar-refractivity contribution in [3.63, 3.8) is 0 Å². The fourth-order valence-electron chi connectivity index (χ4n) is 4.88. The number of nitrogens with one attached hydrogen (secondary N) is 1. The minimum absolute atomic E-state index is 0.0124. The maximum Gasteiger partial charge on any atom is 0.252 e. The third-order valence-corrected chi connectivity index (χ3v) is 6.74. The predicted octanol–water partition coefficient (Wildman–Crippen LogP) is 5.47. The van der Waals surface area contributed by atoms with E-state index in [4.69, 9.17) is 0 Å². The lowest BCUT2D eigenvalue weighted by Crippen LogP contribution is -2.36. The van der Waals surface area contributed by atoms with E-state index >= 15 is 0 Å². The van der Waals surface area contributed by atoms with Gasteiger partial charge in [0.1, 0.15) is 0 Å². The normalized spacial score (nSPS) is 13.0. The summed E-state index contributed by atoms with van der Waals surface area (Å²) in [4.78, 5) is 18.7. The van der Waals surface area contributed by atoms with Crippen LogP contribution in [0.1, 0.15) is 74.7 Å². The summed E-state index contributed by atoms with van der Waals surface area (Å²) in [6, 6.07) is 16.8. The molecule has 0 unspecified atom stereocenters. The Labute approximate surface area is 213 Å². The highest BCUT2D eigenvalue weighted by atomic mass is 16.1. The highest BCUT2D eigenvalue weighted by Gasteiger charge is 2.30. The van der Waals surface area contributed by atoms with Gasteiger partial charge in [-0.15, -0.1) is 5.10 Å². The molecule has 0 saturated heterocycles. The van der Waals surface area contributed by atoms with Crippen molar-refractivity contribution in [3.05, 3.63) is 87.0 Å². The van der Waals surface area contributed by atoms with Crippen molar-refractivity contribution in [2.45, 2.75) is 78.9 Å². The van der Waals surface area contributed by atoms with Gasteiger partial charge in [0.15, 0.2) is 5.82 Å². The van der Waals surface area contributed by atoms with E-state index in [2.05, 4.69) is 90.4 Å². The van der Waals surface area contributed by atoms with Gasteiger partial charge in [-0.25, -0.2) is 4.68 Å². The highest BCUT2D eigenvalue weighted by molar-refractivity contribution is 5.81. The van der Waals surface area contributed by atoms with Gasteiger partial charge in [0.25, 0.3) is 5.56 Å². The van der Waals surface area contributed by atoms with E-state index in [1.807, 2.05) is 29.8 Å². The standard InChI is InChI=1S/C29H38N6O/c1-7-10-25(27-31-32-33-35(27)29(4,5)6)34(16-15-22-13-8-11-20(2)17-22)19-24-18-23-14-9-12-21(3)26(23)30-28(24)36/h8-9,11-14,17-18,25H,7,10,15-16,19H2,1-6H3,(H,30,36)/t25-/m1/s1. The summed E-state index contributed by atoms with van der Waals surface area (Å²) in [5.41, 5.74) is 4.98. The van der Waals surface area contributed by atoms with Crippen LogP contribution in [0.2, 0.25) is 0 Å². The summed E-state index contributed by atoms with van der Waals surface area (Å²) in [7, 11) is 0. The smallest absolute Gasteiger partial charge is 0.252 e. The minimum atomic E-state index is -0.245. The molecule has 0 aliphatic heterocycles. The van der Waals surface area contributed by atoms with Crippen LogP contribution in [0.4, 0.5) is 0 Å². The average Bonchev–Trinajstić information content (AvgIpc) is 3.32. The molecular weight excluding hydrogens is 448 g/mol. The van der Waals surface area contributed by atoms with Gasteiger partial charge in [-0.2, -0.15) is 0 Å². The number of aromatic nitrogens is 5. The molecule has 0 aliphatic rings. The lowest BCUT2D eigenvalue weighted by molar-refractivity contribution is 0.158. The lowest BCUT2D eigenvalue weighted by atomic mass is 10.0. The van der Waals surface area contributed by atoms with Gasteiger partial charge in [0.2, 0.25) is 0 Å². The molecule has 2 aromatic heterocycles. The molecule has 4 aromatic rings. The first-order chi connectivity index (χ1) is 17.2. The Morgan fingerprint density at radius 1 is 1.08 bits per heavy atom. The van der Waals surface area contributed by atoms with Crippen molar-refractivity contribution in [3.8, 4) is 0 Å². The first kappa shape index (κ1) is 25.8. The number of pyridine rings is 1. The lowest BCUT2D eigenvalue weighted by Gasteiger charge is -2.33. The molecule has 0 amide bonds. The van der Waals surface area contributed by atoms with Crippen LogP contribution in [-0.4, -0.2) is 36.6 Å². The highest BCUT2D eigenvalue weighted by Crippen LogP contribution is 2.29. The monoisotopic (exact) mass is 486 g/mol. The molecular formula is C29H38N6O. The molecule has 0 saturated carbocycles. The second-order valence-corrected chi connectivity index (χ2v) is 10.8. The molecule has 7 nitrogen and oxygen atoms in total. The van der Waals surface area contributed by atoms with Gasteiger partial charge in [-0.05, 0) is 80.5 Å². The SMILES string of the molecule is CCC[C@H](c1nnnn1C(C)(C)C)N(CCc1cccc(C)c1)Cc1cc2cccc(C)c2[nH]c1=O. The van der Waals surface area contributed by atoms with Crippen LogP contribution < -0.4 is 5.56 Å². The topological polar surface area (TPSA) is 79.7 Å². The van der Waals surface area contributed by atoms with Crippen LogP contribution in [0.5, 0.6) is 0 Å². The number of para-hydroxylation sites is 1. The van der Waals surface area contributed by atoms with Gasteiger partial charge in [-0.1, -0.05) is 61.4 Å². The molecule has 190 valence electrons. The van der Waals surface area contributed by atoms with E-state index in [-0.39, 0.29) is 17.1 Å². The molecule has 1 N–H and O–H groups in total. The number of tetrazole rings is 1. The second kappa shape index (κ2) is 10.7. The van der Waals surface area contributed by atoms with Crippen LogP contribution in [0.25, 0.3) is 10.9 Å². The number of benzene rings is 2. The zero-order valence-corrected chi connectivity index (χ0v) is 22.4. The Balaban J connectivity index is 1.74. The third-order valence-electron chi connectivity index (χ3n) is 6.74. The van der Waals surface area contributed by atoms with Crippen LogP contribution in [0.15, 0.2) is 53.3 Å². The molecule has 4 rings (SSSR count). The average molecular weight is 487 g/mol. The molecule has 0 fully saturated rings. The minimum Gasteiger partial charge on any atom is -0.321 e. The number of nitrogens with zero attached hydrogens (tertiary/aromatic N) is 5. The van der Waals surface area contributed by atoms with Crippen LogP contribution >= 0.6 is 0 Å². The zero-order chi connectivity index (χ0) is 25.9. The number of hydrogen-bond donors (Lipinski definition) is 1. The van der Waals surface area contributed by atoms with E-state index in [9.17, 15) is 4.79 Å². The van der Waals surface area contributed by atoms with E-state index in [0.29, 0.717) is 6.54 Å². The Hall–Kier alpha value is -3.32. The molecule has 7 heteroatoms. The Bertz CT molecular complexity index is 1380. The van der Waals surface area contributed by atoms with Gasteiger partial charge in [0, 0.05) is 18.7 Å². The van der Waals surface area contributed by atoms with Crippen molar-refractivity contribution in [2.75, 3.05) is 6.54 Å². The van der Waals surface area contributed by atoms with Crippen LogP contribution in [-0.2, 0) is 18.5 Å². The molecule has 1 atom stereocenters. The second-order valence-electron chi connectivity index (χ2n) is 10.8. The van der Waals surface area contributed by atoms with E-state index in [1.54, 1.807) is 0 Å². The van der Waals surface area contributed by atoms with Crippen molar-refractivity contribution >= 4 is 10.9 Å². The molecule has 0 radical (unpaired) electrons. The quantitative estimate of drug-likeness (QED) is 0.339. The van der Waals surface area contributed by atoms with E-state index < -0.39 is 0 Å². The number of rotatable bonds is 9. The predicted molar refractivity (Wildman–Crippen MR) is 145 cm³/mol. The maximum absolute atomic E-state index is 13.2. The summed E-state index contributed by atoms with van der Waals surface area (Å²) < 4.78 is 1.93. The largest absolute Gasteiger partial charge is 0.321 e. The van der Waals surface area contributed by atoms with Gasteiger partial charge in [0.05, 0.1) is 17.1 Å². The molecule has 2 aromatic carbocycles. The van der Waals surface area contributed by atoms with Gasteiger partial charge < -0.3 is 4.98 Å². The van der Waals surface area contributed by atoms with Crippen LogP contribution in [0.3, 0.4) is 0 Å². The number of aryl methyl sites for hydroxylation is 2. The fourth-order valence-corrected chi connectivity index (χ4v) is 4.88. The first-order valence-electron chi connectivity index (χ1n) is 12.9. The first-order valence-corrected chi connectivity index (χ1v) is 12.9. The third kappa shape index (κ3) is 5.73. The molecule has 36 heavy (non-hydrogen) atoms. The Kier molecular flexibility index (Phi) is 7.69. The Morgan fingerprint density at radius 3 is 2.58 bits per heavy atom. The number of aromatic amines is 1. The zero-order valence-electron chi connectivity index (χ0n) is 22.4. The molecule has 0 spiro atoms. The van der Waals surface area contributed by atoms with Crippen molar-refractivity contribution in [1.82, 2.24) is 30.1 Å². The molecule has 0 aliphatic carbocycles. The van der Waals surface area contributed by atoms with Crippen molar-refractivity contribution in [1.29, 1.82) is 0 Å². The van der Waals surface area contributed by atoms with Gasteiger partial charge >= 0.3 is 0 Å². The van der Waals surface area contributed by atoms with Crippen molar-refractivity contribution < 1.29 is 0 Å². The summed E-state index contributed by atoms with van der Waals surface area (Å²) >= 11 is 0. The number of H-pyrrole nitrogens is 1. The fraction of sp³-hybridized carbons (Fsp3) is 0.448. The number of hydrogen-bond acceptors (Lipinski definition) is 5. The summed E-state index contributed by atoms with van der Waals surface area (Å²) in [5, 5.41) is 13.9. The summed E-state index contributed by atoms with van der Waals surface area (Å²) in [5.74, 6) is 0.849. The Morgan fingerprint density at radius 2 is 1.86 bits per heavy atom. The number of fused-ring (bicyclic) bond motifs is 1. The van der Waals surface area contributed by atoms with E-state index in [1.165, 1.54) is 11.1 Å². The summed E-state index contributed by atoms with van der Waals surface area (Å²) in [6.07, 6.45) is 2.76. The molecule has 0 bridgehead atoms. The summed E-state index contributed by atoms with van der Waals surface area (Å²) in [6.45, 7) is 14.0.